The molecule has 1 aromatic carbocycles. The second kappa shape index (κ2) is 6.57. The molecule has 1 aromatic rings. The van der Waals surface area contributed by atoms with Gasteiger partial charge in [0.25, 0.3) is 0 Å². The van der Waals surface area contributed by atoms with Crippen LogP contribution in [0.5, 0.6) is 0 Å². The summed E-state index contributed by atoms with van der Waals surface area (Å²) in [5.41, 5.74) is 1.69. The van der Waals surface area contributed by atoms with Gasteiger partial charge in [0.2, 0.25) is 0 Å². The lowest BCUT2D eigenvalue weighted by molar-refractivity contribution is 0.423. The molecule has 1 N–H and O–H groups in total. The molecule has 114 valence electrons. The number of rotatable bonds is 5. The van der Waals surface area contributed by atoms with E-state index in [1.165, 1.54) is 0 Å². The van der Waals surface area contributed by atoms with E-state index in [1.807, 2.05) is 24.1 Å². The summed E-state index contributed by atoms with van der Waals surface area (Å²) < 4.78 is 14.3. The van der Waals surface area contributed by atoms with Crippen LogP contribution >= 0.6 is 0 Å². The SMILES string of the molecule is CC(C)C(C)N(C)c1ccc(CNC(C)(C)C)cc1F. The molecule has 0 fully saturated rings. The molecule has 0 aliphatic carbocycles. The summed E-state index contributed by atoms with van der Waals surface area (Å²) in [6.07, 6.45) is 0. The van der Waals surface area contributed by atoms with Crippen molar-refractivity contribution in [3.8, 4) is 0 Å². The minimum absolute atomic E-state index is 0.0398. The van der Waals surface area contributed by atoms with E-state index >= 15 is 0 Å². The summed E-state index contributed by atoms with van der Waals surface area (Å²) in [6.45, 7) is 13.4. The third kappa shape index (κ3) is 4.78. The van der Waals surface area contributed by atoms with Crippen molar-refractivity contribution in [2.75, 3.05) is 11.9 Å². The first-order valence-corrected chi connectivity index (χ1v) is 7.38. The van der Waals surface area contributed by atoms with Crippen LogP contribution in [0.3, 0.4) is 0 Å². The van der Waals surface area contributed by atoms with Crippen molar-refractivity contribution in [1.82, 2.24) is 5.32 Å². The summed E-state index contributed by atoms with van der Waals surface area (Å²) in [5, 5.41) is 3.37. The number of nitrogens with zero attached hydrogens (tertiary/aromatic N) is 1. The fraction of sp³-hybridized carbons (Fsp3) is 0.647. The van der Waals surface area contributed by atoms with Gasteiger partial charge in [0.1, 0.15) is 5.82 Å². The van der Waals surface area contributed by atoms with Crippen LogP contribution in [0.15, 0.2) is 18.2 Å². The number of benzene rings is 1. The third-order valence-corrected chi connectivity index (χ3v) is 3.79. The van der Waals surface area contributed by atoms with Gasteiger partial charge in [0.05, 0.1) is 5.69 Å². The lowest BCUT2D eigenvalue weighted by atomic mass is 10.0. The maximum atomic E-state index is 14.3. The first-order chi connectivity index (χ1) is 9.11. The normalized spacial score (nSPS) is 13.7. The zero-order valence-corrected chi connectivity index (χ0v) is 13.9. The number of nitrogens with one attached hydrogen (secondary N) is 1. The molecule has 1 atom stereocenters. The Morgan fingerprint density at radius 1 is 1.20 bits per heavy atom. The Morgan fingerprint density at radius 2 is 1.80 bits per heavy atom. The van der Waals surface area contributed by atoms with Crippen molar-refractivity contribution >= 4 is 5.69 Å². The van der Waals surface area contributed by atoms with Gasteiger partial charge in [-0.1, -0.05) is 19.9 Å². The smallest absolute Gasteiger partial charge is 0.146 e. The van der Waals surface area contributed by atoms with E-state index in [0.717, 1.165) is 5.56 Å². The van der Waals surface area contributed by atoms with Crippen LogP contribution in [0.2, 0.25) is 0 Å². The van der Waals surface area contributed by atoms with Gasteiger partial charge in [-0.25, -0.2) is 4.39 Å². The Hall–Kier alpha value is -1.09. The van der Waals surface area contributed by atoms with Crippen molar-refractivity contribution in [3.63, 3.8) is 0 Å². The molecule has 0 spiro atoms. The van der Waals surface area contributed by atoms with E-state index in [2.05, 4.69) is 46.9 Å². The van der Waals surface area contributed by atoms with Crippen LogP contribution in [0.25, 0.3) is 0 Å². The Bertz CT molecular complexity index is 435. The first-order valence-electron chi connectivity index (χ1n) is 7.38. The van der Waals surface area contributed by atoms with E-state index < -0.39 is 0 Å². The highest BCUT2D eigenvalue weighted by molar-refractivity contribution is 5.49. The number of hydrogen-bond acceptors (Lipinski definition) is 2. The highest BCUT2D eigenvalue weighted by Gasteiger charge is 2.17. The molecule has 0 aromatic heterocycles. The number of anilines is 1. The highest BCUT2D eigenvalue weighted by Crippen LogP contribution is 2.23. The van der Waals surface area contributed by atoms with Crippen molar-refractivity contribution in [2.45, 2.75) is 59.7 Å². The Balaban J connectivity index is 2.83. The predicted octanol–water partition coefficient (Wildman–Crippen LogP) is 4.19. The number of hydrogen-bond donors (Lipinski definition) is 1. The second-order valence-corrected chi connectivity index (χ2v) is 6.98. The van der Waals surface area contributed by atoms with E-state index in [1.54, 1.807) is 6.07 Å². The third-order valence-electron chi connectivity index (χ3n) is 3.79. The average Bonchev–Trinajstić information content (AvgIpc) is 2.33. The van der Waals surface area contributed by atoms with Crippen LogP contribution in [0, 0.1) is 11.7 Å². The van der Waals surface area contributed by atoms with Crippen LogP contribution in [-0.4, -0.2) is 18.6 Å². The van der Waals surface area contributed by atoms with Crippen molar-refractivity contribution in [3.05, 3.63) is 29.6 Å². The van der Waals surface area contributed by atoms with Gasteiger partial charge in [-0.05, 0) is 51.3 Å². The van der Waals surface area contributed by atoms with Crippen LogP contribution < -0.4 is 10.2 Å². The molecule has 2 nitrogen and oxygen atoms in total. The molecule has 0 bridgehead atoms. The van der Waals surface area contributed by atoms with Crippen LogP contribution in [0.4, 0.5) is 10.1 Å². The molecule has 1 unspecified atom stereocenters. The molecule has 0 heterocycles. The molecule has 0 saturated carbocycles. The van der Waals surface area contributed by atoms with Gasteiger partial charge >= 0.3 is 0 Å². The monoisotopic (exact) mass is 280 g/mol. The number of halogens is 1. The zero-order chi connectivity index (χ0) is 15.5. The Kier molecular flexibility index (Phi) is 5.58. The predicted molar refractivity (Wildman–Crippen MR) is 85.7 cm³/mol. The Morgan fingerprint density at radius 3 is 2.25 bits per heavy atom. The van der Waals surface area contributed by atoms with Gasteiger partial charge in [-0.2, -0.15) is 0 Å². The molecular formula is C17H29FN2. The van der Waals surface area contributed by atoms with Gasteiger partial charge in [0, 0.05) is 25.2 Å². The van der Waals surface area contributed by atoms with Gasteiger partial charge < -0.3 is 10.2 Å². The molecule has 0 saturated heterocycles. The summed E-state index contributed by atoms with van der Waals surface area (Å²) >= 11 is 0. The van der Waals surface area contributed by atoms with Crippen molar-refractivity contribution in [2.24, 2.45) is 5.92 Å². The summed E-state index contributed by atoms with van der Waals surface area (Å²) in [6, 6.07) is 5.83. The van der Waals surface area contributed by atoms with Gasteiger partial charge in [-0.3, -0.25) is 0 Å². The summed E-state index contributed by atoms with van der Waals surface area (Å²) in [4.78, 5) is 2.01. The Labute approximate surface area is 123 Å². The van der Waals surface area contributed by atoms with Crippen molar-refractivity contribution in [1.29, 1.82) is 0 Å². The first kappa shape index (κ1) is 17.0. The topological polar surface area (TPSA) is 15.3 Å². The fourth-order valence-electron chi connectivity index (χ4n) is 1.98. The molecular weight excluding hydrogens is 251 g/mol. The lowest BCUT2D eigenvalue weighted by Crippen LogP contribution is -2.35. The van der Waals surface area contributed by atoms with E-state index in [0.29, 0.717) is 24.2 Å². The molecule has 0 aliphatic heterocycles. The largest absolute Gasteiger partial charge is 0.369 e. The molecule has 3 heteroatoms. The highest BCUT2D eigenvalue weighted by atomic mass is 19.1. The zero-order valence-electron chi connectivity index (χ0n) is 13.9. The second-order valence-electron chi connectivity index (χ2n) is 6.98. The standard InChI is InChI=1S/C17H29FN2/c1-12(2)13(3)20(7)16-9-8-14(10-15(16)18)11-19-17(4,5)6/h8-10,12-13,19H,11H2,1-7H3. The molecule has 0 aliphatic rings. The van der Waals surface area contributed by atoms with Crippen LogP contribution in [-0.2, 0) is 6.54 Å². The minimum atomic E-state index is -0.145. The van der Waals surface area contributed by atoms with Crippen molar-refractivity contribution < 1.29 is 4.39 Å². The molecule has 0 amide bonds. The quantitative estimate of drug-likeness (QED) is 0.870. The fourth-order valence-corrected chi connectivity index (χ4v) is 1.98. The lowest BCUT2D eigenvalue weighted by Gasteiger charge is -2.30. The molecule has 1 rings (SSSR count). The average molecular weight is 280 g/mol. The van der Waals surface area contributed by atoms with E-state index in [4.69, 9.17) is 0 Å². The molecule has 20 heavy (non-hydrogen) atoms. The van der Waals surface area contributed by atoms with Crippen LogP contribution in [0.1, 0.15) is 47.1 Å². The van der Waals surface area contributed by atoms with Gasteiger partial charge in [0.15, 0.2) is 0 Å². The van der Waals surface area contributed by atoms with E-state index in [9.17, 15) is 4.39 Å². The minimum Gasteiger partial charge on any atom is -0.369 e. The maximum absolute atomic E-state index is 14.3. The van der Waals surface area contributed by atoms with Gasteiger partial charge in [-0.15, -0.1) is 0 Å². The summed E-state index contributed by atoms with van der Waals surface area (Å²) in [5.74, 6) is 0.342. The summed E-state index contributed by atoms with van der Waals surface area (Å²) in [7, 11) is 1.95. The maximum Gasteiger partial charge on any atom is 0.146 e. The van der Waals surface area contributed by atoms with E-state index in [-0.39, 0.29) is 11.4 Å². The molecule has 0 radical (unpaired) electrons.